The maximum absolute atomic E-state index is 13.2. The van der Waals surface area contributed by atoms with Crippen LogP contribution in [0, 0.1) is 11.7 Å². The van der Waals surface area contributed by atoms with Crippen molar-refractivity contribution in [1.82, 2.24) is 14.9 Å². The lowest BCUT2D eigenvalue weighted by Crippen LogP contribution is -2.23. The van der Waals surface area contributed by atoms with Gasteiger partial charge in [-0.2, -0.15) is 0 Å². The van der Waals surface area contributed by atoms with Crippen LogP contribution in [0.4, 0.5) is 4.39 Å². The molecular weight excluding hydrogens is 229 g/mol. The number of aromatic amines is 1. The average molecular weight is 247 g/mol. The third-order valence-electron chi connectivity index (χ3n) is 3.61. The standard InChI is InChI=1S/C14H18FN3/c1-18(9-10-2-3-10)5-4-11-7-16-14-13(11)6-12(15)8-17-14/h6-8,10H,2-5,9H2,1H3,(H,16,17). The summed E-state index contributed by atoms with van der Waals surface area (Å²) in [6.45, 7) is 2.20. The van der Waals surface area contributed by atoms with Crippen molar-refractivity contribution in [2.24, 2.45) is 5.92 Å². The summed E-state index contributed by atoms with van der Waals surface area (Å²) in [5.41, 5.74) is 1.93. The number of hydrogen-bond donors (Lipinski definition) is 1. The number of pyridine rings is 1. The zero-order valence-electron chi connectivity index (χ0n) is 10.6. The lowest BCUT2D eigenvalue weighted by atomic mass is 10.1. The van der Waals surface area contributed by atoms with Crippen molar-refractivity contribution in [3.8, 4) is 0 Å². The summed E-state index contributed by atoms with van der Waals surface area (Å²) in [6, 6.07) is 1.56. The smallest absolute Gasteiger partial charge is 0.142 e. The Morgan fingerprint density at radius 1 is 1.50 bits per heavy atom. The van der Waals surface area contributed by atoms with E-state index in [1.165, 1.54) is 25.6 Å². The first-order chi connectivity index (χ1) is 8.72. The Morgan fingerprint density at radius 3 is 3.11 bits per heavy atom. The van der Waals surface area contributed by atoms with E-state index in [1.807, 2.05) is 6.20 Å². The third kappa shape index (κ3) is 2.53. The molecule has 1 fully saturated rings. The highest BCUT2D eigenvalue weighted by molar-refractivity contribution is 5.79. The summed E-state index contributed by atoms with van der Waals surface area (Å²) in [5.74, 6) is 0.645. The van der Waals surface area contributed by atoms with E-state index in [0.717, 1.165) is 35.5 Å². The molecule has 1 aliphatic carbocycles. The Morgan fingerprint density at radius 2 is 2.33 bits per heavy atom. The van der Waals surface area contributed by atoms with Gasteiger partial charge in [0.05, 0.1) is 6.20 Å². The van der Waals surface area contributed by atoms with Gasteiger partial charge < -0.3 is 9.88 Å². The van der Waals surface area contributed by atoms with E-state index in [0.29, 0.717) is 0 Å². The van der Waals surface area contributed by atoms with Gasteiger partial charge in [0.15, 0.2) is 0 Å². The summed E-state index contributed by atoms with van der Waals surface area (Å²) >= 11 is 0. The minimum Gasteiger partial charge on any atom is -0.346 e. The predicted octanol–water partition coefficient (Wildman–Crippen LogP) is 2.59. The SMILES string of the molecule is CN(CCc1c[nH]c2ncc(F)cc12)CC1CC1. The molecule has 0 atom stereocenters. The van der Waals surface area contributed by atoms with E-state index in [2.05, 4.69) is 21.9 Å². The van der Waals surface area contributed by atoms with Gasteiger partial charge >= 0.3 is 0 Å². The number of halogens is 1. The highest BCUT2D eigenvalue weighted by atomic mass is 19.1. The van der Waals surface area contributed by atoms with Gasteiger partial charge in [-0.1, -0.05) is 0 Å². The van der Waals surface area contributed by atoms with Crippen LogP contribution in [-0.4, -0.2) is 35.0 Å². The van der Waals surface area contributed by atoms with Gasteiger partial charge in [-0.05, 0) is 43.9 Å². The van der Waals surface area contributed by atoms with E-state index in [4.69, 9.17) is 0 Å². The number of fused-ring (bicyclic) bond motifs is 1. The normalized spacial score (nSPS) is 15.7. The molecule has 4 heteroatoms. The van der Waals surface area contributed by atoms with Crippen LogP contribution in [0.3, 0.4) is 0 Å². The van der Waals surface area contributed by atoms with Crippen molar-refractivity contribution < 1.29 is 4.39 Å². The zero-order valence-corrected chi connectivity index (χ0v) is 10.6. The summed E-state index contributed by atoms with van der Waals surface area (Å²) in [6.07, 6.45) is 6.90. The number of aromatic nitrogens is 2. The summed E-state index contributed by atoms with van der Waals surface area (Å²) in [4.78, 5) is 9.50. The van der Waals surface area contributed by atoms with Crippen molar-refractivity contribution in [3.05, 3.63) is 29.8 Å². The molecule has 0 spiro atoms. The van der Waals surface area contributed by atoms with Crippen LogP contribution in [-0.2, 0) is 6.42 Å². The second-order valence-electron chi connectivity index (χ2n) is 5.32. The van der Waals surface area contributed by atoms with Crippen molar-refractivity contribution in [2.45, 2.75) is 19.3 Å². The quantitative estimate of drug-likeness (QED) is 0.880. The fourth-order valence-electron chi connectivity index (χ4n) is 2.38. The van der Waals surface area contributed by atoms with Crippen LogP contribution in [0.2, 0.25) is 0 Å². The first-order valence-electron chi connectivity index (χ1n) is 6.52. The second kappa shape index (κ2) is 4.69. The number of H-pyrrole nitrogens is 1. The molecule has 0 unspecified atom stereocenters. The minimum absolute atomic E-state index is 0.269. The van der Waals surface area contributed by atoms with Crippen molar-refractivity contribution in [3.63, 3.8) is 0 Å². The van der Waals surface area contributed by atoms with Crippen LogP contribution < -0.4 is 0 Å². The van der Waals surface area contributed by atoms with Crippen LogP contribution in [0.1, 0.15) is 18.4 Å². The Labute approximate surface area is 106 Å². The molecule has 1 saturated carbocycles. The number of nitrogens with one attached hydrogen (secondary N) is 1. The van der Waals surface area contributed by atoms with Gasteiger partial charge in [-0.3, -0.25) is 0 Å². The van der Waals surface area contributed by atoms with Crippen LogP contribution >= 0.6 is 0 Å². The predicted molar refractivity (Wildman–Crippen MR) is 70.0 cm³/mol. The molecule has 1 aliphatic rings. The van der Waals surface area contributed by atoms with Gasteiger partial charge in [0.2, 0.25) is 0 Å². The maximum Gasteiger partial charge on any atom is 0.142 e. The van der Waals surface area contributed by atoms with Crippen LogP contribution in [0.25, 0.3) is 11.0 Å². The molecule has 0 amide bonds. The van der Waals surface area contributed by atoms with E-state index < -0.39 is 0 Å². The molecule has 1 N–H and O–H groups in total. The first-order valence-corrected chi connectivity index (χ1v) is 6.52. The molecule has 2 heterocycles. The largest absolute Gasteiger partial charge is 0.346 e. The van der Waals surface area contributed by atoms with Gasteiger partial charge in [0.25, 0.3) is 0 Å². The van der Waals surface area contributed by atoms with E-state index in [1.54, 1.807) is 6.07 Å². The summed E-state index contributed by atoms with van der Waals surface area (Å²) in [5, 5.41) is 0.912. The molecule has 18 heavy (non-hydrogen) atoms. The highest BCUT2D eigenvalue weighted by Gasteiger charge is 2.22. The van der Waals surface area contributed by atoms with E-state index >= 15 is 0 Å². The second-order valence-corrected chi connectivity index (χ2v) is 5.32. The Hall–Kier alpha value is -1.42. The third-order valence-corrected chi connectivity index (χ3v) is 3.61. The van der Waals surface area contributed by atoms with Crippen LogP contribution in [0.15, 0.2) is 18.5 Å². The fourth-order valence-corrected chi connectivity index (χ4v) is 2.38. The van der Waals surface area contributed by atoms with Crippen molar-refractivity contribution in [2.75, 3.05) is 20.1 Å². The number of rotatable bonds is 5. The minimum atomic E-state index is -0.269. The summed E-state index contributed by atoms with van der Waals surface area (Å²) in [7, 11) is 2.16. The first kappa shape index (κ1) is 11.7. The zero-order chi connectivity index (χ0) is 12.5. The molecule has 2 aromatic heterocycles. The topological polar surface area (TPSA) is 31.9 Å². The molecule has 0 aromatic carbocycles. The molecular formula is C14H18FN3. The van der Waals surface area contributed by atoms with Gasteiger partial charge in [0.1, 0.15) is 11.5 Å². The average Bonchev–Trinajstić information content (AvgIpc) is 3.06. The number of likely N-dealkylation sites (N-methyl/N-ethyl adjacent to an activating group) is 1. The summed E-state index contributed by atoms with van der Waals surface area (Å²) < 4.78 is 13.2. The van der Waals surface area contributed by atoms with Gasteiger partial charge in [0, 0.05) is 24.7 Å². The monoisotopic (exact) mass is 247 g/mol. The van der Waals surface area contributed by atoms with E-state index in [-0.39, 0.29) is 5.82 Å². The lowest BCUT2D eigenvalue weighted by molar-refractivity contribution is 0.325. The molecule has 3 rings (SSSR count). The molecule has 0 saturated heterocycles. The van der Waals surface area contributed by atoms with Crippen molar-refractivity contribution in [1.29, 1.82) is 0 Å². The fraction of sp³-hybridized carbons (Fsp3) is 0.500. The van der Waals surface area contributed by atoms with Crippen LogP contribution in [0.5, 0.6) is 0 Å². The Balaban J connectivity index is 1.67. The molecule has 0 radical (unpaired) electrons. The molecule has 0 aliphatic heterocycles. The molecule has 96 valence electrons. The highest BCUT2D eigenvalue weighted by Crippen LogP contribution is 2.29. The number of nitrogens with zero attached hydrogens (tertiary/aromatic N) is 2. The molecule has 3 nitrogen and oxygen atoms in total. The van der Waals surface area contributed by atoms with Crippen molar-refractivity contribution >= 4 is 11.0 Å². The Bertz CT molecular complexity index is 545. The maximum atomic E-state index is 13.2. The molecule has 0 bridgehead atoms. The Kier molecular flexibility index (Phi) is 3.04. The number of hydrogen-bond acceptors (Lipinski definition) is 2. The van der Waals surface area contributed by atoms with Gasteiger partial charge in [-0.15, -0.1) is 0 Å². The van der Waals surface area contributed by atoms with Gasteiger partial charge in [-0.25, -0.2) is 9.37 Å². The van der Waals surface area contributed by atoms with E-state index in [9.17, 15) is 4.39 Å². The molecule has 2 aromatic rings. The lowest BCUT2D eigenvalue weighted by Gasteiger charge is -2.15.